The van der Waals surface area contributed by atoms with Crippen LogP contribution in [0, 0.1) is 11.3 Å². The molecule has 6 heterocycles. The monoisotopic (exact) mass is 499 g/mol. The van der Waals surface area contributed by atoms with E-state index in [0.717, 1.165) is 71.1 Å². The molecule has 35 heavy (non-hydrogen) atoms. The molecule has 1 saturated heterocycles. The zero-order chi connectivity index (χ0) is 23.8. The van der Waals surface area contributed by atoms with E-state index in [1.165, 1.54) is 10.6 Å². The van der Waals surface area contributed by atoms with Crippen molar-refractivity contribution in [2.24, 2.45) is 10.7 Å². The first-order chi connectivity index (χ1) is 17.1. The average Bonchev–Trinajstić information content (AvgIpc) is 3.32. The predicted molar refractivity (Wildman–Crippen MR) is 141 cm³/mol. The summed E-state index contributed by atoms with van der Waals surface area (Å²) in [6.07, 6.45) is 6.48. The Morgan fingerprint density at radius 1 is 1.17 bits per heavy atom. The molecule has 2 aromatic rings. The number of piperidine rings is 1. The molecule has 176 valence electrons. The van der Waals surface area contributed by atoms with Crippen LogP contribution < -0.4 is 15.5 Å². The highest BCUT2D eigenvalue weighted by molar-refractivity contribution is 7.98. The van der Waals surface area contributed by atoms with Crippen molar-refractivity contribution < 1.29 is 4.79 Å². The maximum absolute atomic E-state index is 13.5. The molecular weight excluding hydrogens is 474 g/mol. The first-order valence-electron chi connectivity index (χ1n) is 12.2. The van der Waals surface area contributed by atoms with Crippen molar-refractivity contribution >= 4 is 44.7 Å². The van der Waals surface area contributed by atoms with Crippen LogP contribution in [0.25, 0.3) is 0 Å². The van der Waals surface area contributed by atoms with Crippen LogP contribution >= 0.6 is 23.1 Å². The average molecular weight is 500 g/mol. The van der Waals surface area contributed by atoms with Gasteiger partial charge in [-0.3, -0.25) is 9.69 Å². The molecule has 1 fully saturated rings. The van der Waals surface area contributed by atoms with Gasteiger partial charge in [-0.2, -0.15) is 5.26 Å². The van der Waals surface area contributed by atoms with Crippen LogP contribution in [0.2, 0.25) is 0 Å². The molecule has 2 N–H and O–H groups in total. The number of allylic oxidation sites excluding steroid dienone is 3. The summed E-state index contributed by atoms with van der Waals surface area (Å²) in [6.45, 7) is 2.17. The molecule has 1 aromatic heterocycles. The van der Waals surface area contributed by atoms with E-state index in [1.807, 2.05) is 18.4 Å². The SMILES string of the molecule is CSc1ccc([C@H]2C(C#N)=C3N=C(N)c4c(sc5c4C4CCN5CC4)N3C3=C2C(=O)CCC3)cc1. The third-order valence-electron chi connectivity index (χ3n) is 8.08. The van der Waals surface area contributed by atoms with Crippen molar-refractivity contribution in [3.05, 3.63) is 63.6 Å². The quantitative estimate of drug-likeness (QED) is 0.570. The number of Topliss-reactive ketones (excluding diaryl/α,β-unsaturated/α-hetero) is 1. The number of carbonyl (C=O) groups excluding carboxylic acids is 1. The van der Waals surface area contributed by atoms with E-state index in [4.69, 9.17) is 10.7 Å². The highest BCUT2D eigenvalue weighted by Gasteiger charge is 2.46. The molecule has 0 unspecified atom stereocenters. The standard InChI is InChI=1S/C27H25N5OS2/c1-34-16-7-5-14(6-8-16)20-17(13-28)25-30-24(29)23-21-15-9-11-31(12-10-15)26(21)35-27(23)32(25)18-3-2-4-19(33)22(18)20/h5-8,15,20H,2-4,9-12H2,1H3,(H2,29,30)/t20-/m0/s1. The lowest BCUT2D eigenvalue weighted by Gasteiger charge is -2.41. The highest BCUT2D eigenvalue weighted by atomic mass is 32.2. The summed E-state index contributed by atoms with van der Waals surface area (Å²) in [5.41, 5.74) is 12.3. The number of nitrogens with zero attached hydrogens (tertiary/aromatic N) is 4. The van der Waals surface area contributed by atoms with Gasteiger partial charge in [0.25, 0.3) is 0 Å². The van der Waals surface area contributed by atoms with Gasteiger partial charge < -0.3 is 10.6 Å². The van der Waals surface area contributed by atoms with E-state index in [1.54, 1.807) is 23.1 Å². The molecule has 6 nitrogen and oxygen atoms in total. The fraction of sp³-hybridized carbons (Fsp3) is 0.370. The first-order valence-corrected chi connectivity index (χ1v) is 14.3. The zero-order valence-electron chi connectivity index (χ0n) is 19.5. The molecule has 8 rings (SSSR count). The number of aliphatic imine (C=N–C) groups is 1. The normalized spacial score (nSPS) is 23.0. The molecular formula is C27H25N5OS2. The number of nitriles is 1. The van der Waals surface area contributed by atoms with Gasteiger partial charge in [0, 0.05) is 41.2 Å². The van der Waals surface area contributed by atoms with Crippen LogP contribution in [0.15, 0.2) is 56.8 Å². The molecule has 1 aliphatic carbocycles. The van der Waals surface area contributed by atoms with E-state index < -0.39 is 5.92 Å². The second kappa shape index (κ2) is 7.74. The van der Waals surface area contributed by atoms with E-state index in [9.17, 15) is 10.1 Å². The Kier molecular flexibility index (Phi) is 4.71. The Labute approximate surface area is 212 Å². The van der Waals surface area contributed by atoms with Crippen molar-refractivity contribution in [3.63, 3.8) is 0 Å². The molecule has 8 heteroatoms. The second-order valence-electron chi connectivity index (χ2n) is 9.79. The molecule has 0 amide bonds. The zero-order valence-corrected chi connectivity index (χ0v) is 21.1. The largest absolute Gasteiger partial charge is 0.383 e. The number of benzene rings is 1. The number of thiophene rings is 1. The third kappa shape index (κ3) is 2.88. The highest BCUT2D eigenvalue weighted by Crippen LogP contribution is 2.57. The third-order valence-corrected chi connectivity index (χ3v) is 10.1. The van der Waals surface area contributed by atoms with Crippen LogP contribution in [0.3, 0.4) is 0 Å². The van der Waals surface area contributed by atoms with Gasteiger partial charge in [0.1, 0.15) is 10.8 Å². The second-order valence-corrected chi connectivity index (χ2v) is 11.6. The number of thioether (sulfide) groups is 1. The number of rotatable bonds is 2. The number of hydrogen-bond acceptors (Lipinski definition) is 8. The molecule has 0 radical (unpaired) electrons. The van der Waals surface area contributed by atoms with Crippen LogP contribution in [-0.2, 0) is 4.79 Å². The lowest BCUT2D eigenvalue weighted by atomic mass is 9.75. The van der Waals surface area contributed by atoms with Gasteiger partial charge in [-0.25, -0.2) is 4.99 Å². The van der Waals surface area contributed by atoms with Crippen molar-refractivity contribution in [2.75, 3.05) is 29.1 Å². The van der Waals surface area contributed by atoms with E-state index in [0.29, 0.717) is 29.6 Å². The van der Waals surface area contributed by atoms with Crippen molar-refractivity contribution in [1.29, 1.82) is 5.26 Å². The van der Waals surface area contributed by atoms with E-state index in [2.05, 4.69) is 28.0 Å². The van der Waals surface area contributed by atoms with Crippen LogP contribution in [0.1, 0.15) is 60.6 Å². The number of amidine groups is 1. The summed E-state index contributed by atoms with van der Waals surface area (Å²) >= 11 is 3.44. The maximum atomic E-state index is 13.5. The smallest absolute Gasteiger partial charge is 0.161 e. The molecule has 6 aliphatic rings. The van der Waals surface area contributed by atoms with Gasteiger partial charge in [0.05, 0.1) is 28.1 Å². The lowest BCUT2D eigenvalue weighted by molar-refractivity contribution is -0.116. The summed E-state index contributed by atoms with van der Waals surface area (Å²) in [5, 5.41) is 12.8. The topological polar surface area (TPSA) is 85.7 Å². The number of carbonyl (C=O) groups is 1. The molecule has 0 saturated carbocycles. The lowest BCUT2D eigenvalue weighted by Crippen LogP contribution is -2.40. The van der Waals surface area contributed by atoms with Gasteiger partial charge in [-0.1, -0.05) is 23.5 Å². The van der Waals surface area contributed by atoms with Gasteiger partial charge in [-0.15, -0.1) is 11.8 Å². The Hall–Kier alpha value is -3.02. The fourth-order valence-corrected chi connectivity index (χ4v) is 8.37. The van der Waals surface area contributed by atoms with Crippen LogP contribution in [-0.4, -0.2) is 31.0 Å². The predicted octanol–water partition coefficient (Wildman–Crippen LogP) is 5.23. The fourth-order valence-electron chi connectivity index (χ4n) is 6.48. The molecule has 2 bridgehead atoms. The minimum Gasteiger partial charge on any atom is -0.383 e. The van der Waals surface area contributed by atoms with Crippen molar-refractivity contribution in [2.45, 2.75) is 48.8 Å². The Balaban J connectivity index is 1.48. The number of ketones is 1. The van der Waals surface area contributed by atoms with E-state index in [-0.39, 0.29) is 5.78 Å². The van der Waals surface area contributed by atoms with Crippen molar-refractivity contribution in [3.8, 4) is 6.07 Å². The molecule has 0 spiro atoms. The summed E-state index contributed by atoms with van der Waals surface area (Å²) in [5.74, 6) is 1.36. The van der Waals surface area contributed by atoms with Crippen LogP contribution in [0.4, 0.5) is 10.0 Å². The maximum Gasteiger partial charge on any atom is 0.161 e. The molecule has 1 atom stereocenters. The molecule has 5 aliphatic heterocycles. The number of fused-ring (bicyclic) bond motifs is 6. The number of anilines is 2. The molecule has 1 aromatic carbocycles. The van der Waals surface area contributed by atoms with E-state index >= 15 is 0 Å². The Bertz CT molecular complexity index is 1420. The van der Waals surface area contributed by atoms with Gasteiger partial charge in [0.2, 0.25) is 0 Å². The summed E-state index contributed by atoms with van der Waals surface area (Å²) < 4.78 is 0. The Morgan fingerprint density at radius 3 is 2.66 bits per heavy atom. The van der Waals surface area contributed by atoms with Gasteiger partial charge in [-0.05, 0) is 55.6 Å². The van der Waals surface area contributed by atoms with Gasteiger partial charge in [0.15, 0.2) is 11.6 Å². The minimum atomic E-state index is -0.405. The Morgan fingerprint density at radius 2 is 1.94 bits per heavy atom. The first kappa shape index (κ1) is 21.3. The number of hydrogen-bond donors (Lipinski definition) is 1. The summed E-state index contributed by atoms with van der Waals surface area (Å²) in [7, 11) is 0. The van der Waals surface area contributed by atoms with Crippen LogP contribution in [0.5, 0.6) is 0 Å². The number of nitrogens with two attached hydrogens (primary N) is 1. The minimum absolute atomic E-state index is 0.145. The van der Waals surface area contributed by atoms with Gasteiger partial charge >= 0.3 is 0 Å². The summed E-state index contributed by atoms with van der Waals surface area (Å²) in [6, 6.07) is 10.7. The van der Waals surface area contributed by atoms with Crippen molar-refractivity contribution in [1.82, 2.24) is 0 Å². The summed E-state index contributed by atoms with van der Waals surface area (Å²) in [4.78, 5) is 24.1.